The van der Waals surface area contributed by atoms with Gasteiger partial charge in [-0.25, -0.2) is 4.99 Å². The molecule has 0 aromatic heterocycles. The fourth-order valence-electron chi connectivity index (χ4n) is 3.75. The van der Waals surface area contributed by atoms with Gasteiger partial charge in [-0.2, -0.15) is 0 Å². The second-order valence-electron chi connectivity index (χ2n) is 7.58. The van der Waals surface area contributed by atoms with Gasteiger partial charge in [-0.3, -0.25) is 9.59 Å². The van der Waals surface area contributed by atoms with E-state index in [9.17, 15) is 9.59 Å². The van der Waals surface area contributed by atoms with Crippen molar-refractivity contribution in [2.24, 2.45) is 4.99 Å². The smallest absolute Gasteiger partial charge is 0.247 e. The van der Waals surface area contributed by atoms with Gasteiger partial charge in [0.2, 0.25) is 11.7 Å². The third-order valence-electron chi connectivity index (χ3n) is 5.37. The van der Waals surface area contributed by atoms with E-state index in [4.69, 9.17) is 4.99 Å². The summed E-state index contributed by atoms with van der Waals surface area (Å²) >= 11 is 3.47. The van der Waals surface area contributed by atoms with E-state index in [-0.39, 0.29) is 17.5 Å². The first-order chi connectivity index (χ1) is 15.6. The minimum absolute atomic E-state index is 0.151. The molecule has 0 saturated carbocycles. The minimum Gasteiger partial charge on any atom is -0.354 e. The highest BCUT2D eigenvalue weighted by atomic mass is 79.9. The number of Topliss-reactive ketones (excluding diaryl/α,β-unsaturated/α-hetero) is 1. The van der Waals surface area contributed by atoms with E-state index in [0.717, 1.165) is 28.6 Å². The van der Waals surface area contributed by atoms with Crippen molar-refractivity contribution in [1.82, 2.24) is 5.32 Å². The van der Waals surface area contributed by atoms with E-state index >= 15 is 0 Å². The second-order valence-corrected chi connectivity index (χ2v) is 8.50. The Hall–Kier alpha value is -3.25. The van der Waals surface area contributed by atoms with E-state index in [1.165, 1.54) is 0 Å². The average molecular weight is 490 g/mol. The van der Waals surface area contributed by atoms with Crippen molar-refractivity contribution in [3.63, 3.8) is 0 Å². The zero-order valence-corrected chi connectivity index (χ0v) is 19.4. The van der Waals surface area contributed by atoms with Crippen LogP contribution in [0.2, 0.25) is 0 Å². The Morgan fingerprint density at radius 1 is 0.969 bits per heavy atom. The summed E-state index contributed by atoms with van der Waals surface area (Å²) in [4.78, 5) is 33.5. The Kier molecular flexibility index (Phi) is 6.81. The quantitative estimate of drug-likeness (QED) is 0.335. The maximum Gasteiger partial charge on any atom is 0.247 e. The van der Waals surface area contributed by atoms with Crippen LogP contribution >= 0.6 is 15.9 Å². The summed E-state index contributed by atoms with van der Waals surface area (Å²) in [5.41, 5.74) is 2.66. The van der Waals surface area contributed by atoms with Gasteiger partial charge in [0.1, 0.15) is 6.04 Å². The van der Waals surface area contributed by atoms with Crippen LogP contribution in [0.1, 0.15) is 41.7 Å². The van der Waals surface area contributed by atoms with Gasteiger partial charge < -0.3 is 10.2 Å². The standard InChI is InChI=1S/C26H24BrN3O2/c1-2-3-17-28-26(32)23-21-11-7-8-12-22(21)29-25(24(31)18-9-5-4-6-10-18)30(23)20-15-13-19(27)14-16-20/h4-16,23H,2-3,17H2,1H3,(H,28,32). The number of carbonyl (C=O) groups excluding carboxylic acids is 2. The molecule has 1 atom stereocenters. The Morgan fingerprint density at radius 2 is 1.66 bits per heavy atom. The van der Waals surface area contributed by atoms with Crippen molar-refractivity contribution >= 4 is 44.8 Å². The van der Waals surface area contributed by atoms with Crippen molar-refractivity contribution < 1.29 is 9.59 Å². The monoisotopic (exact) mass is 489 g/mol. The highest BCUT2D eigenvalue weighted by Crippen LogP contribution is 2.39. The number of amides is 1. The van der Waals surface area contributed by atoms with E-state index in [2.05, 4.69) is 28.2 Å². The molecule has 1 amide bonds. The number of halogens is 1. The number of hydrogen-bond donors (Lipinski definition) is 1. The van der Waals surface area contributed by atoms with Crippen LogP contribution in [0.25, 0.3) is 0 Å². The highest BCUT2D eigenvalue weighted by molar-refractivity contribution is 9.10. The average Bonchev–Trinajstić information content (AvgIpc) is 2.83. The maximum absolute atomic E-state index is 13.6. The van der Waals surface area contributed by atoms with Crippen LogP contribution in [0.15, 0.2) is 88.3 Å². The van der Waals surface area contributed by atoms with Crippen molar-refractivity contribution in [2.45, 2.75) is 25.8 Å². The molecule has 1 aliphatic rings. The zero-order chi connectivity index (χ0) is 22.5. The normalized spacial score (nSPS) is 15.0. The lowest BCUT2D eigenvalue weighted by Crippen LogP contribution is -2.48. The van der Waals surface area contributed by atoms with Crippen LogP contribution in [0.3, 0.4) is 0 Å². The third-order valence-corrected chi connectivity index (χ3v) is 5.89. The summed E-state index contributed by atoms with van der Waals surface area (Å²) in [7, 11) is 0. The molecule has 32 heavy (non-hydrogen) atoms. The summed E-state index contributed by atoms with van der Waals surface area (Å²) in [6, 6.07) is 23.4. The first-order valence-electron chi connectivity index (χ1n) is 10.7. The van der Waals surface area contributed by atoms with E-state index < -0.39 is 6.04 Å². The van der Waals surface area contributed by atoms with Gasteiger partial charge in [-0.1, -0.05) is 77.8 Å². The van der Waals surface area contributed by atoms with Crippen LogP contribution in [0, 0.1) is 0 Å². The molecule has 1 unspecified atom stereocenters. The predicted octanol–water partition coefficient (Wildman–Crippen LogP) is 5.84. The molecule has 162 valence electrons. The molecule has 1 N–H and O–H groups in total. The molecule has 0 radical (unpaired) electrons. The number of unbranched alkanes of at least 4 members (excludes halogenated alkanes) is 1. The van der Waals surface area contributed by atoms with Gasteiger partial charge in [-0.15, -0.1) is 0 Å². The number of carbonyl (C=O) groups is 2. The second kappa shape index (κ2) is 9.92. The summed E-state index contributed by atoms with van der Waals surface area (Å²) in [5.74, 6) is -0.149. The number of para-hydroxylation sites is 1. The van der Waals surface area contributed by atoms with Gasteiger partial charge in [0, 0.05) is 27.8 Å². The molecule has 5 nitrogen and oxygen atoms in total. The number of hydrogen-bond acceptors (Lipinski definition) is 4. The zero-order valence-electron chi connectivity index (χ0n) is 17.8. The molecule has 0 saturated heterocycles. The minimum atomic E-state index is -0.704. The largest absolute Gasteiger partial charge is 0.354 e. The van der Waals surface area contributed by atoms with E-state index in [0.29, 0.717) is 17.8 Å². The molecule has 0 bridgehead atoms. The van der Waals surface area contributed by atoms with Gasteiger partial charge in [0.25, 0.3) is 0 Å². The lowest BCUT2D eigenvalue weighted by molar-refractivity contribution is -0.122. The molecule has 1 heterocycles. The SMILES string of the molecule is CCCCNC(=O)C1c2ccccc2N=C(C(=O)c2ccccc2)N1c1ccc(Br)cc1. The number of aliphatic imine (C=N–C) groups is 1. The molecule has 0 spiro atoms. The maximum atomic E-state index is 13.6. The third kappa shape index (κ3) is 4.50. The Morgan fingerprint density at radius 3 is 2.38 bits per heavy atom. The number of ketones is 1. The van der Waals surface area contributed by atoms with Crippen molar-refractivity contribution in [2.75, 3.05) is 11.4 Å². The van der Waals surface area contributed by atoms with Crippen LogP contribution in [0.4, 0.5) is 11.4 Å². The summed E-state index contributed by atoms with van der Waals surface area (Å²) in [6.45, 7) is 2.67. The molecule has 0 aliphatic carbocycles. The lowest BCUT2D eigenvalue weighted by atomic mass is 9.97. The fourth-order valence-corrected chi connectivity index (χ4v) is 4.01. The molecular weight excluding hydrogens is 466 g/mol. The van der Waals surface area contributed by atoms with Gasteiger partial charge in [0.05, 0.1) is 5.69 Å². The lowest BCUT2D eigenvalue weighted by Gasteiger charge is -2.36. The van der Waals surface area contributed by atoms with Crippen LogP contribution in [0.5, 0.6) is 0 Å². The highest BCUT2D eigenvalue weighted by Gasteiger charge is 2.38. The number of benzene rings is 3. The molecule has 4 rings (SSSR count). The number of nitrogens with zero attached hydrogens (tertiary/aromatic N) is 2. The van der Waals surface area contributed by atoms with Crippen molar-refractivity contribution in [1.29, 1.82) is 0 Å². The van der Waals surface area contributed by atoms with E-state index in [1.54, 1.807) is 17.0 Å². The van der Waals surface area contributed by atoms with Crippen LogP contribution in [-0.4, -0.2) is 24.1 Å². The topological polar surface area (TPSA) is 61.8 Å². The van der Waals surface area contributed by atoms with Crippen LogP contribution < -0.4 is 10.2 Å². The Bertz CT molecular complexity index is 1140. The molecular formula is C26H24BrN3O2. The van der Waals surface area contributed by atoms with Gasteiger partial charge >= 0.3 is 0 Å². The predicted molar refractivity (Wildman–Crippen MR) is 132 cm³/mol. The first kappa shape index (κ1) is 22.0. The fraction of sp³-hybridized carbons (Fsp3) is 0.192. The molecule has 1 aliphatic heterocycles. The molecule has 3 aromatic carbocycles. The summed E-state index contributed by atoms with van der Waals surface area (Å²) in [5, 5.41) is 3.05. The van der Waals surface area contributed by atoms with E-state index in [1.807, 2.05) is 66.7 Å². The van der Waals surface area contributed by atoms with Gasteiger partial charge in [-0.05, 0) is 36.8 Å². The Balaban J connectivity index is 1.86. The number of amidine groups is 1. The van der Waals surface area contributed by atoms with Crippen LogP contribution in [-0.2, 0) is 4.79 Å². The molecule has 3 aromatic rings. The summed E-state index contributed by atoms with van der Waals surface area (Å²) < 4.78 is 0.912. The van der Waals surface area contributed by atoms with Crippen molar-refractivity contribution in [3.8, 4) is 0 Å². The number of fused-ring (bicyclic) bond motifs is 1. The number of rotatable bonds is 7. The van der Waals surface area contributed by atoms with Crippen molar-refractivity contribution in [3.05, 3.63) is 94.5 Å². The first-order valence-corrected chi connectivity index (χ1v) is 11.5. The van der Waals surface area contributed by atoms with Gasteiger partial charge in [0.15, 0.2) is 5.84 Å². The Labute approximate surface area is 196 Å². The number of nitrogens with one attached hydrogen (secondary N) is 1. The summed E-state index contributed by atoms with van der Waals surface area (Å²) in [6.07, 6.45) is 1.87. The molecule has 0 fully saturated rings. The number of anilines is 1. The molecule has 6 heteroatoms.